The molecule has 4 rings (SSSR count). The first-order chi connectivity index (χ1) is 13.2. The standard InChI is InChI=1S/C22H28N2O2S/c1-26-14-13-24-21(25)20(18-6-3-2-4-7-18)16-22(24)9-11-23(12-10-22)17-19-8-5-15-27-19/h2-8,15,20H,9-14,16-17H2,1H3. The van der Waals surface area contributed by atoms with Crippen molar-refractivity contribution in [2.24, 2.45) is 0 Å². The molecular formula is C22H28N2O2S. The summed E-state index contributed by atoms with van der Waals surface area (Å²) in [5, 5.41) is 2.15. The number of rotatable bonds is 6. The van der Waals surface area contributed by atoms with Crippen LogP contribution in [0.2, 0.25) is 0 Å². The monoisotopic (exact) mass is 384 g/mol. The van der Waals surface area contributed by atoms with E-state index in [2.05, 4.69) is 39.4 Å². The van der Waals surface area contributed by atoms with Crippen LogP contribution in [0.15, 0.2) is 47.8 Å². The maximum atomic E-state index is 13.3. The number of carbonyl (C=O) groups excluding carboxylic acids is 1. The number of carbonyl (C=O) groups is 1. The number of piperidine rings is 1. The molecular weight excluding hydrogens is 356 g/mol. The molecule has 1 atom stereocenters. The highest BCUT2D eigenvalue weighted by Crippen LogP contribution is 2.45. The summed E-state index contributed by atoms with van der Waals surface area (Å²) in [5.74, 6) is 0.275. The molecule has 2 aromatic rings. The number of hydrogen-bond acceptors (Lipinski definition) is 4. The van der Waals surface area contributed by atoms with Crippen molar-refractivity contribution in [1.29, 1.82) is 0 Å². The maximum Gasteiger partial charge on any atom is 0.230 e. The van der Waals surface area contributed by atoms with Gasteiger partial charge in [0.05, 0.1) is 12.5 Å². The van der Waals surface area contributed by atoms with Crippen LogP contribution >= 0.6 is 11.3 Å². The van der Waals surface area contributed by atoms with E-state index in [0.29, 0.717) is 13.2 Å². The van der Waals surface area contributed by atoms with E-state index in [1.165, 1.54) is 4.88 Å². The number of hydrogen-bond donors (Lipinski definition) is 0. The van der Waals surface area contributed by atoms with Crippen molar-refractivity contribution in [1.82, 2.24) is 9.80 Å². The van der Waals surface area contributed by atoms with Crippen LogP contribution in [0.25, 0.3) is 0 Å². The molecule has 0 N–H and O–H groups in total. The second-order valence-electron chi connectivity index (χ2n) is 7.73. The van der Waals surface area contributed by atoms with Crippen molar-refractivity contribution in [3.8, 4) is 0 Å². The molecule has 0 bridgehead atoms. The fraction of sp³-hybridized carbons (Fsp3) is 0.500. The number of benzene rings is 1. The molecule has 1 aromatic heterocycles. The molecule has 1 amide bonds. The van der Waals surface area contributed by atoms with Crippen LogP contribution in [0, 0.1) is 0 Å². The molecule has 0 radical (unpaired) electrons. The Labute approximate surface area is 165 Å². The van der Waals surface area contributed by atoms with Gasteiger partial charge in [-0.25, -0.2) is 0 Å². The van der Waals surface area contributed by atoms with E-state index >= 15 is 0 Å². The molecule has 27 heavy (non-hydrogen) atoms. The third-order valence-electron chi connectivity index (χ3n) is 6.19. The van der Waals surface area contributed by atoms with Crippen molar-refractivity contribution in [2.75, 3.05) is 33.4 Å². The molecule has 144 valence electrons. The zero-order valence-electron chi connectivity index (χ0n) is 16.0. The van der Waals surface area contributed by atoms with E-state index in [9.17, 15) is 4.79 Å². The van der Waals surface area contributed by atoms with Crippen LogP contribution in [-0.2, 0) is 16.1 Å². The Bertz CT molecular complexity index is 739. The van der Waals surface area contributed by atoms with Crippen molar-refractivity contribution in [2.45, 2.75) is 37.3 Å². The highest BCUT2D eigenvalue weighted by Gasteiger charge is 2.51. The number of methoxy groups -OCH3 is 1. The maximum absolute atomic E-state index is 13.3. The molecule has 0 aliphatic carbocycles. The number of ether oxygens (including phenoxy) is 1. The van der Waals surface area contributed by atoms with E-state index in [0.717, 1.165) is 44.5 Å². The SMILES string of the molecule is COCCN1C(=O)C(c2ccccc2)CC12CCN(Cc1cccs1)CC2. The lowest BCUT2D eigenvalue weighted by Gasteiger charge is -2.45. The minimum absolute atomic E-state index is 0.00750. The van der Waals surface area contributed by atoms with Gasteiger partial charge in [-0.3, -0.25) is 9.69 Å². The molecule has 5 heteroatoms. The summed E-state index contributed by atoms with van der Waals surface area (Å²) in [6, 6.07) is 14.6. The Balaban J connectivity index is 1.50. The highest BCUT2D eigenvalue weighted by atomic mass is 32.1. The van der Waals surface area contributed by atoms with Crippen molar-refractivity contribution in [3.05, 3.63) is 58.3 Å². The van der Waals surface area contributed by atoms with E-state index in [1.807, 2.05) is 29.5 Å². The Morgan fingerprint density at radius 1 is 1.15 bits per heavy atom. The molecule has 0 saturated carbocycles. The lowest BCUT2D eigenvalue weighted by molar-refractivity contribution is -0.134. The average molecular weight is 385 g/mol. The zero-order chi connectivity index (χ0) is 18.7. The van der Waals surface area contributed by atoms with Crippen molar-refractivity contribution >= 4 is 17.2 Å². The normalized spacial score (nSPS) is 22.6. The minimum Gasteiger partial charge on any atom is -0.383 e. The van der Waals surface area contributed by atoms with Crippen LogP contribution in [0.3, 0.4) is 0 Å². The molecule has 4 nitrogen and oxygen atoms in total. The summed E-state index contributed by atoms with van der Waals surface area (Å²) >= 11 is 1.83. The fourth-order valence-corrected chi connectivity index (χ4v) is 5.45. The zero-order valence-corrected chi connectivity index (χ0v) is 16.8. The van der Waals surface area contributed by atoms with Gasteiger partial charge in [0.2, 0.25) is 5.91 Å². The van der Waals surface area contributed by atoms with Gasteiger partial charge in [-0.05, 0) is 36.3 Å². The third-order valence-corrected chi connectivity index (χ3v) is 7.05. The van der Waals surface area contributed by atoms with Crippen molar-refractivity contribution in [3.63, 3.8) is 0 Å². The molecule has 2 aliphatic heterocycles. The van der Waals surface area contributed by atoms with E-state index < -0.39 is 0 Å². The number of amides is 1. The van der Waals surface area contributed by atoms with E-state index in [4.69, 9.17) is 4.74 Å². The molecule has 2 saturated heterocycles. The Morgan fingerprint density at radius 3 is 2.59 bits per heavy atom. The van der Waals surface area contributed by atoms with Crippen LogP contribution in [0.4, 0.5) is 0 Å². The molecule has 1 spiro atoms. The van der Waals surface area contributed by atoms with Gasteiger partial charge < -0.3 is 9.64 Å². The molecule has 2 fully saturated rings. The first-order valence-corrected chi connectivity index (χ1v) is 10.7. The first kappa shape index (κ1) is 18.7. The smallest absolute Gasteiger partial charge is 0.230 e. The van der Waals surface area contributed by atoms with Crippen LogP contribution in [0.1, 0.15) is 35.6 Å². The van der Waals surface area contributed by atoms with Crippen LogP contribution in [0.5, 0.6) is 0 Å². The van der Waals surface area contributed by atoms with Gasteiger partial charge in [0, 0.05) is 43.7 Å². The van der Waals surface area contributed by atoms with Crippen molar-refractivity contribution < 1.29 is 9.53 Å². The Hall–Kier alpha value is -1.69. The van der Waals surface area contributed by atoms with Gasteiger partial charge in [-0.1, -0.05) is 36.4 Å². The first-order valence-electron chi connectivity index (χ1n) is 9.82. The van der Waals surface area contributed by atoms with Gasteiger partial charge in [0.15, 0.2) is 0 Å². The van der Waals surface area contributed by atoms with Gasteiger partial charge >= 0.3 is 0 Å². The van der Waals surface area contributed by atoms with Gasteiger partial charge in [-0.15, -0.1) is 11.3 Å². The second kappa shape index (κ2) is 8.13. The molecule has 2 aliphatic rings. The number of nitrogens with zero attached hydrogens (tertiary/aromatic N) is 2. The molecule has 1 unspecified atom stereocenters. The third kappa shape index (κ3) is 3.82. The second-order valence-corrected chi connectivity index (χ2v) is 8.76. The van der Waals surface area contributed by atoms with E-state index in [1.54, 1.807) is 7.11 Å². The van der Waals surface area contributed by atoms with E-state index in [-0.39, 0.29) is 17.4 Å². The van der Waals surface area contributed by atoms with Gasteiger partial charge in [-0.2, -0.15) is 0 Å². The lowest BCUT2D eigenvalue weighted by Crippen LogP contribution is -2.53. The average Bonchev–Trinajstić information content (AvgIpc) is 3.30. The number of thiophene rings is 1. The van der Waals surface area contributed by atoms with Gasteiger partial charge in [0.1, 0.15) is 0 Å². The molecule has 3 heterocycles. The summed E-state index contributed by atoms with van der Waals surface area (Å²) < 4.78 is 5.32. The minimum atomic E-state index is -0.0118. The summed E-state index contributed by atoms with van der Waals surface area (Å²) in [7, 11) is 1.71. The summed E-state index contributed by atoms with van der Waals surface area (Å²) in [4.78, 5) is 19.4. The molecule has 1 aromatic carbocycles. The quantitative estimate of drug-likeness (QED) is 0.760. The Kier molecular flexibility index (Phi) is 5.62. The predicted molar refractivity (Wildman–Crippen MR) is 109 cm³/mol. The Morgan fingerprint density at radius 2 is 1.93 bits per heavy atom. The lowest BCUT2D eigenvalue weighted by atomic mass is 9.81. The highest BCUT2D eigenvalue weighted by molar-refractivity contribution is 7.09. The predicted octanol–water partition coefficient (Wildman–Crippen LogP) is 3.75. The van der Waals surface area contributed by atoms with Crippen LogP contribution < -0.4 is 0 Å². The summed E-state index contributed by atoms with van der Waals surface area (Å²) in [6.45, 7) is 4.44. The largest absolute Gasteiger partial charge is 0.383 e. The van der Waals surface area contributed by atoms with Crippen LogP contribution in [-0.4, -0.2) is 54.6 Å². The topological polar surface area (TPSA) is 32.8 Å². The fourth-order valence-electron chi connectivity index (χ4n) is 4.70. The summed E-state index contributed by atoms with van der Waals surface area (Å²) in [6.07, 6.45) is 3.04. The number of likely N-dealkylation sites (tertiary alicyclic amines) is 2. The van der Waals surface area contributed by atoms with Gasteiger partial charge in [0.25, 0.3) is 0 Å². The summed E-state index contributed by atoms with van der Waals surface area (Å²) in [5.41, 5.74) is 1.14.